The molecule has 0 aliphatic heterocycles. The predicted octanol–water partition coefficient (Wildman–Crippen LogP) is 2.04. The summed E-state index contributed by atoms with van der Waals surface area (Å²) in [7, 11) is 1.68. The van der Waals surface area contributed by atoms with E-state index in [1.54, 1.807) is 7.05 Å². The monoisotopic (exact) mass is 179 g/mol. The normalized spacial score (nSPS) is 16.6. The summed E-state index contributed by atoms with van der Waals surface area (Å²) in [5, 5.41) is 2.67. The molecule has 1 N–H and O–H groups in total. The minimum absolute atomic E-state index is 0.0413. The van der Waals surface area contributed by atoms with Gasteiger partial charge in [0.05, 0.1) is 0 Å². The van der Waals surface area contributed by atoms with Gasteiger partial charge in [-0.3, -0.25) is 4.79 Å². The Labute approximate surface area is 79.7 Å². The molecule has 0 spiro atoms. The lowest BCUT2D eigenvalue weighted by Crippen LogP contribution is -2.22. The zero-order valence-electron chi connectivity index (χ0n) is 8.55. The number of carbonyl (C=O) groups excluding carboxylic acids is 1. The van der Waals surface area contributed by atoms with E-state index in [1.807, 2.05) is 6.08 Å². The molecule has 0 aromatic heterocycles. The van der Waals surface area contributed by atoms with Gasteiger partial charge in [0.1, 0.15) is 0 Å². The Bertz CT molecular complexity index is 261. The van der Waals surface area contributed by atoms with Crippen LogP contribution in [0.1, 0.15) is 26.7 Å². The average Bonchev–Trinajstić information content (AvgIpc) is 2.16. The van der Waals surface area contributed by atoms with E-state index in [9.17, 15) is 4.79 Å². The number of hydrogen-bond acceptors (Lipinski definition) is 1. The van der Waals surface area contributed by atoms with Gasteiger partial charge in [0.2, 0.25) is 0 Å². The van der Waals surface area contributed by atoms with Gasteiger partial charge in [0.25, 0.3) is 5.91 Å². The second-order valence-corrected chi connectivity index (χ2v) is 3.61. The minimum atomic E-state index is 0.0413. The molecule has 0 saturated heterocycles. The maximum absolute atomic E-state index is 11.5. The van der Waals surface area contributed by atoms with Crippen LogP contribution < -0.4 is 5.32 Å². The van der Waals surface area contributed by atoms with Crippen LogP contribution in [0.4, 0.5) is 0 Å². The van der Waals surface area contributed by atoms with Gasteiger partial charge in [-0.25, -0.2) is 0 Å². The van der Waals surface area contributed by atoms with E-state index in [1.165, 1.54) is 5.57 Å². The number of allylic oxidation sites excluding steroid dienone is 2. The maximum Gasteiger partial charge on any atom is 0.250 e. The summed E-state index contributed by atoms with van der Waals surface area (Å²) in [6, 6.07) is 0. The van der Waals surface area contributed by atoms with Gasteiger partial charge < -0.3 is 5.32 Å². The fraction of sp³-hybridized carbons (Fsp3) is 0.545. The van der Waals surface area contributed by atoms with Crippen molar-refractivity contribution in [2.45, 2.75) is 26.7 Å². The maximum atomic E-state index is 11.5. The van der Waals surface area contributed by atoms with Gasteiger partial charge in [-0.2, -0.15) is 0 Å². The van der Waals surface area contributed by atoms with Crippen molar-refractivity contribution in [2.75, 3.05) is 7.05 Å². The Balaban J connectivity index is 2.97. The molecule has 0 heterocycles. The molecular formula is C11H17NO. The molecule has 2 heteroatoms. The number of likely N-dealkylation sites (N-methyl/N-ethyl adjacent to an activating group) is 1. The summed E-state index contributed by atoms with van der Waals surface area (Å²) in [6.45, 7) is 4.27. The van der Waals surface area contributed by atoms with Crippen LogP contribution in [0.3, 0.4) is 0 Å². The zero-order chi connectivity index (χ0) is 9.84. The predicted molar refractivity (Wildman–Crippen MR) is 54.3 cm³/mol. The van der Waals surface area contributed by atoms with Crippen molar-refractivity contribution in [3.05, 3.63) is 23.3 Å². The average molecular weight is 179 g/mol. The van der Waals surface area contributed by atoms with Gasteiger partial charge in [0.15, 0.2) is 0 Å². The van der Waals surface area contributed by atoms with Crippen LogP contribution in [0.5, 0.6) is 0 Å². The zero-order valence-corrected chi connectivity index (χ0v) is 8.55. The number of carbonyl (C=O) groups is 1. The first-order valence-corrected chi connectivity index (χ1v) is 4.78. The lowest BCUT2D eigenvalue weighted by molar-refractivity contribution is -0.116. The SMILES string of the molecule is CNC(=O)C1=C(C(C)C)CCC=C1. The van der Waals surface area contributed by atoms with E-state index in [-0.39, 0.29) is 5.91 Å². The van der Waals surface area contributed by atoms with Crippen LogP contribution in [-0.2, 0) is 4.79 Å². The van der Waals surface area contributed by atoms with E-state index in [2.05, 4.69) is 25.2 Å². The standard InChI is InChI=1S/C11H17NO/c1-8(2)9-6-4-5-7-10(9)11(13)12-3/h5,7-8H,4,6H2,1-3H3,(H,12,13). The molecule has 13 heavy (non-hydrogen) atoms. The molecule has 0 aromatic carbocycles. The molecular weight excluding hydrogens is 162 g/mol. The molecule has 0 aromatic rings. The molecule has 1 amide bonds. The molecule has 0 saturated carbocycles. The van der Waals surface area contributed by atoms with Crippen LogP contribution in [-0.4, -0.2) is 13.0 Å². The van der Waals surface area contributed by atoms with Gasteiger partial charge in [-0.1, -0.05) is 31.6 Å². The fourth-order valence-corrected chi connectivity index (χ4v) is 1.64. The van der Waals surface area contributed by atoms with Gasteiger partial charge in [0, 0.05) is 12.6 Å². The van der Waals surface area contributed by atoms with Crippen molar-refractivity contribution in [3.8, 4) is 0 Å². The Kier molecular flexibility index (Phi) is 3.29. The quantitative estimate of drug-likeness (QED) is 0.690. The van der Waals surface area contributed by atoms with Crippen molar-refractivity contribution in [1.29, 1.82) is 0 Å². The van der Waals surface area contributed by atoms with Crippen molar-refractivity contribution < 1.29 is 4.79 Å². The molecule has 1 aliphatic carbocycles. The summed E-state index contributed by atoms with van der Waals surface area (Å²) in [5.41, 5.74) is 2.14. The van der Waals surface area contributed by atoms with Crippen LogP contribution in [0.2, 0.25) is 0 Å². The molecule has 72 valence electrons. The Morgan fingerprint density at radius 2 is 2.23 bits per heavy atom. The van der Waals surface area contributed by atoms with Crippen molar-refractivity contribution in [1.82, 2.24) is 5.32 Å². The van der Waals surface area contributed by atoms with Gasteiger partial charge in [-0.15, -0.1) is 0 Å². The second-order valence-electron chi connectivity index (χ2n) is 3.61. The minimum Gasteiger partial charge on any atom is -0.355 e. The van der Waals surface area contributed by atoms with Crippen molar-refractivity contribution in [3.63, 3.8) is 0 Å². The largest absolute Gasteiger partial charge is 0.355 e. The second kappa shape index (κ2) is 4.26. The number of rotatable bonds is 2. The van der Waals surface area contributed by atoms with Crippen molar-refractivity contribution in [2.24, 2.45) is 5.92 Å². The highest BCUT2D eigenvalue weighted by Gasteiger charge is 2.16. The highest BCUT2D eigenvalue weighted by atomic mass is 16.1. The van der Waals surface area contributed by atoms with Crippen LogP contribution in [0, 0.1) is 5.92 Å². The third kappa shape index (κ3) is 2.20. The summed E-state index contributed by atoms with van der Waals surface area (Å²) >= 11 is 0. The summed E-state index contributed by atoms with van der Waals surface area (Å²) in [6.07, 6.45) is 6.10. The third-order valence-electron chi connectivity index (χ3n) is 2.38. The van der Waals surface area contributed by atoms with Crippen LogP contribution >= 0.6 is 0 Å². The van der Waals surface area contributed by atoms with Crippen LogP contribution in [0.25, 0.3) is 0 Å². The lowest BCUT2D eigenvalue weighted by Gasteiger charge is -2.17. The van der Waals surface area contributed by atoms with E-state index in [4.69, 9.17) is 0 Å². The first kappa shape index (κ1) is 10.0. The van der Waals surface area contributed by atoms with Crippen LogP contribution in [0.15, 0.2) is 23.3 Å². The lowest BCUT2D eigenvalue weighted by atomic mass is 9.89. The molecule has 0 radical (unpaired) electrons. The Morgan fingerprint density at radius 3 is 2.77 bits per heavy atom. The first-order chi connectivity index (χ1) is 6.16. The molecule has 1 rings (SSSR count). The molecule has 0 bridgehead atoms. The Hall–Kier alpha value is -1.05. The molecule has 2 nitrogen and oxygen atoms in total. The summed E-state index contributed by atoms with van der Waals surface area (Å²) < 4.78 is 0. The molecule has 0 atom stereocenters. The van der Waals surface area contributed by atoms with Gasteiger partial charge >= 0.3 is 0 Å². The highest BCUT2D eigenvalue weighted by molar-refractivity contribution is 5.97. The highest BCUT2D eigenvalue weighted by Crippen LogP contribution is 2.25. The number of amides is 1. The third-order valence-corrected chi connectivity index (χ3v) is 2.38. The van der Waals surface area contributed by atoms with E-state index in [0.717, 1.165) is 18.4 Å². The van der Waals surface area contributed by atoms with E-state index >= 15 is 0 Å². The molecule has 0 unspecified atom stereocenters. The first-order valence-electron chi connectivity index (χ1n) is 4.78. The van der Waals surface area contributed by atoms with Gasteiger partial charge in [-0.05, 0) is 18.8 Å². The topological polar surface area (TPSA) is 29.1 Å². The summed E-state index contributed by atoms with van der Waals surface area (Å²) in [4.78, 5) is 11.5. The van der Waals surface area contributed by atoms with E-state index < -0.39 is 0 Å². The summed E-state index contributed by atoms with van der Waals surface area (Å²) in [5.74, 6) is 0.511. The Morgan fingerprint density at radius 1 is 1.54 bits per heavy atom. The number of hydrogen-bond donors (Lipinski definition) is 1. The van der Waals surface area contributed by atoms with E-state index in [0.29, 0.717) is 5.92 Å². The number of nitrogens with one attached hydrogen (secondary N) is 1. The smallest absolute Gasteiger partial charge is 0.250 e. The molecule has 1 aliphatic rings. The van der Waals surface area contributed by atoms with Crippen molar-refractivity contribution >= 4 is 5.91 Å². The fourth-order valence-electron chi connectivity index (χ4n) is 1.64. The molecule has 0 fully saturated rings.